The van der Waals surface area contributed by atoms with E-state index >= 15 is 0 Å². The number of methoxy groups -OCH3 is 1. The summed E-state index contributed by atoms with van der Waals surface area (Å²) in [4.78, 5) is 13.9. The number of aromatic nitrogens is 4. The van der Waals surface area contributed by atoms with E-state index in [1.807, 2.05) is 85.1 Å². The number of nitrogens with zero attached hydrogens (tertiary/aromatic N) is 5. The molecule has 0 saturated heterocycles. The number of ether oxygens (including phenoxy) is 1. The second kappa shape index (κ2) is 8.20. The third-order valence-electron chi connectivity index (χ3n) is 4.91. The molecule has 31 heavy (non-hydrogen) atoms. The van der Waals surface area contributed by atoms with E-state index in [9.17, 15) is 0 Å². The Bertz CT molecular complexity index is 1320. The fraction of sp³-hybridized carbons (Fsp3) is 0.0400. The maximum absolute atomic E-state index is 5.52. The van der Waals surface area contributed by atoms with E-state index in [4.69, 9.17) is 9.73 Å². The summed E-state index contributed by atoms with van der Waals surface area (Å²) in [5.41, 5.74) is 4.51. The Hall–Kier alpha value is -4.32. The molecule has 0 aliphatic heterocycles. The van der Waals surface area contributed by atoms with Gasteiger partial charge >= 0.3 is 0 Å². The molecule has 3 aromatic heterocycles. The van der Waals surface area contributed by atoms with Crippen LogP contribution in [0.1, 0.15) is 11.1 Å². The van der Waals surface area contributed by atoms with Gasteiger partial charge in [-0.2, -0.15) is 0 Å². The monoisotopic (exact) mass is 405 g/mol. The summed E-state index contributed by atoms with van der Waals surface area (Å²) in [6.07, 6.45) is 5.33. The number of hydrogen-bond acceptors (Lipinski definition) is 5. The third kappa shape index (κ3) is 3.79. The largest absolute Gasteiger partial charge is 0.494 e. The fourth-order valence-electron chi connectivity index (χ4n) is 3.39. The van der Waals surface area contributed by atoms with Crippen LogP contribution < -0.4 is 4.74 Å². The first-order valence-corrected chi connectivity index (χ1v) is 9.86. The van der Waals surface area contributed by atoms with Crippen molar-refractivity contribution in [3.63, 3.8) is 0 Å². The Morgan fingerprint density at radius 3 is 2.23 bits per heavy atom. The highest BCUT2D eigenvalue weighted by molar-refractivity contribution is 6.13. The van der Waals surface area contributed by atoms with Gasteiger partial charge in [0.05, 0.1) is 36.3 Å². The van der Waals surface area contributed by atoms with Crippen molar-refractivity contribution in [1.29, 1.82) is 0 Å². The van der Waals surface area contributed by atoms with Crippen molar-refractivity contribution >= 4 is 17.0 Å². The second-order valence-electron chi connectivity index (χ2n) is 6.89. The van der Waals surface area contributed by atoms with Crippen LogP contribution in [-0.2, 0) is 0 Å². The number of hydrogen-bond donors (Lipinski definition) is 0. The predicted molar refractivity (Wildman–Crippen MR) is 121 cm³/mol. The molecule has 0 saturated carbocycles. The van der Waals surface area contributed by atoms with E-state index in [-0.39, 0.29) is 0 Å². The summed E-state index contributed by atoms with van der Waals surface area (Å²) in [5.74, 6) is 1.68. The van der Waals surface area contributed by atoms with Crippen molar-refractivity contribution in [3.8, 4) is 17.1 Å². The highest BCUT2D eigenvalue weighted by Gasteiger charge is 2.13. The molecule has 5 aromatic rings. The van der Waals surface area contributed by atoms with Gasteiger partial charge in [-0.25, -0.2) is 19.5 Å². The molecule has 0 aliphatic carbocycles. The summed E-state index contributed by atoms with van der Waals surface area (Å²) in [6.45, 7) is 0. The molecule has 2 aromatic carbocycles. The van der Waals surface area contributed by atoms with Gasteiger partial charge in [0.1, 0.15) is 5.75 Å². The molecule has 0 amide bonds. The SMILES string of the molecule is COc1cnc(N=C(c2ccccc2)c2ccccc2)cc1-c1ncc2cccn2n1. The summed E-state index contributed by atoms with van der Waals surface area (Å²) < 4.78 is 7.30. The lowest BCUT2D eigenvalue weighted by atomic mass is 10.0. The molecule has 150 valence electrons. The molecule has 0 fully saturated rings. The first-order chi connectivity index (χ1) is 15.3. The van der Waals surface area contributed by atoms with Gasteiger partial charge in [-0.15, -0.1) is 5.10 Å². The first-order valence-electron chi connectivity index (χ1n) is 9.86. The van der Waals surface area contributed by atoms with Crippen molar-refractivity contribution in [1.82, 2.24) is 19.6 Å². The summed E-state index contributed by atoms with van der Waals surface area (Å²) >= 11 is 0. The smallest absolute Gasteiger partial charge is 0.183 e. The molecule has 0 spiro atoms. The van der Waals surface area contributed by atoms with Crippen LogP contribution in [0, 0.1) is 0 Å². The first kappa shape index (κ1) is 18.7. The molecular formula is C25H19N5O. The number of fused-ring (bicyclic) bond motifs is 1. The van der Waals surface area contributed by atoms with Crippen LogP contribution >= 0.6 is 0 Å². The molecule has 6 heteroatoms. The van der Waals surface area contributed by atoms with Gasteiger partial charge in [-0.1, -0.05) is 60.7 Å². The highest BCUT2D eigenvalue weighted by Crippen LogP contribution is 2.30. The van der Waals surface area contributed by atoms with Crippen LogP contribution in [0.3, 0.4) is 0 Å². The Kier molecular flexibility index (Phi) is 4.94. The van der Waals surface area contributed by atoms with E-state index in [2.05, 4.69) is 15.1 Å². The van der Waals surface area contributed by atoms with Gasteiger partial charge < -0.3 is 4.74 Å². The van der Waals surface area contributed by atoms with Crippen molar-refractivity contribution in [3.05, 3.63) is 109 Å². The minimum absolute atomic E-state index is 0.542. The summed E-state index contributed by atoms with van der Waals surface area (Å²) in [7, 11) is 1.61. The van der Waals surface area contributed by atoms with Crippen LogP contribution in [0.5, 0.6) is 5.75 Å². The molecule has 5 rings (SSSR count). The summed E-state index contributed by atoms with van der Waals surface area (Å²) in [5, 5.41) is 4.60. The number of pyridine rings is 1. The maximum Gasteiger partial charge on any atom is 0.183 e. The van der Waals surface area contributed by atoms with Gasteiger partial charge in [-0.05, 0) is 18.2 Å². The fourth-order valence-corrected chi connectivity index (χ4v) is 3.39. The lowest BCUT2D eigenvalue weighted by Crippen LogP contribution is -2.03. The van der Waals surface area contributed by atoms with Crippen molar-refractivity contribution in [2.75, 3.05) is 7.11 Å². The Morgan fingerprint density at radius 1 is 0.839 bits per heavy atom. The van der Waals surface area contributed by atoms with E-state index in [0.717, 1.165) is 27.9 Å². The van der Waals surface area contributed by atoms with Crippen LogP contribution in [0.15, 0.2) is 102 Å². The third-order valence-corrected chi connectivity index (χ3v) is 4.91. The molecule has 0 bridgehead atoms. The molecule has 0 unspecified atom stereocenters. The Balaban J connectivity index is 1.65. The topological polar surface area (TPSA) is 64.7 Å². The van der Waals surface area contributed by atoms with Gasteiger partial charge in [0, 0.05) is 17.3 Å². The van der Waals surface area contributed by atoms with Crippen LogP contribution in [-0.4, -0.2) is 32.4 Å². The maximum atomic E-state index is 5.52. The number of aliphatic imine (C=N–C) groups is 1. The normalized spacial score (nSPS) is 10.7. The lowest BCUT2D eigenvalue weighted by Gasteiger charge is -2.10. The van der Waals surface area contributed by atoms with E-state index in [1.165, 1.54) is 0 Å². The zero-order chi connectivity index (χ0) is 21.0. The predicted octanol–water partition coefficient (Wildman–Crippen LogP) is 4.97. The zero-order valence-electron chi connectivity index (χ0n) is 16.9. The Morgan fingerprint density at radius 2 is 1.55 bits per heavy atom. The van der Waals surface area contributed by atoms with Gasteiger partial charge in [0.2, 0.25) is 0 Å². The average Bonchev–Trinajstić information content (AvgIpc) is 3.31. The lowest BCUT2D eigenvalue weighted by molar-refractivity contribution is 0.414. The van der Waals surface area contributed by atoms with Crippen molar-refractivity contribution in [2.24, 2.45) is 4.99 Å². The number of benzene rings is 2. The zero-order valence-corrected chi connectivity index (χ0v) is 16.9. The molecular weight excluding hydrogens is 386 g/mol. The van der Waals surface area contributed by atoms with Crippen LogP contribution in [0.4, 0.5) is 5.82 Å². The molecule has 0 atom stereocenters. The summed E-state index contributed by atoms with van der Waals surface area (Å²) in [6, 6.07) is 25.9. The minimum atomic E-state index is 0.542. The molecule has 3 heterocycles. The van der Waals surface area contributed by atoms with Crippen LogP contribution in [0.2, 0.25) is 0 Å². The van der Waals surface area contributed by atoms with Crippen molar-refractivity contribution < 1.29 is 4.74 Å². The van der Waals surface area contributed by atoms with Gasteiger partial charge in [0.25, 0.3) is 0 Å². The molecule has 6 nitrogen and oxygen atoms in total. The van der Waals surface area contributed by atoms with E-state index in [0.29, 0.717) is 17.4 Å². The Labute approximate surface area is 179 Å². The second-order valence-corrected chi connectivity index (χ2v) is 6.89. The van der Waals surface area contributed by atoms with Crippen LogP contribution in [0.25, 0.3) is 16.9 Å². The molecule has 0 radical (unpaired) electrons. The number of rotatable bonds is 5. The van der Waals surface area contributed by atoms with Gasteiger partial charge in [0.15, 0.2) is 11.6 Å². The molecule has 0 aliphatic rings. The average molecular weight is 405 g/mol. The van der Waals surface area contributed by atoms with E-state index in [1.54, 1.807) is 24.0 Å². The van der Waals surface area contributed by atoms with Crippen molar-refractivity contribution in [2.45, 2.75) is 0 Å². The minimum Gasteiger partial charge on any atom is -0.494 e. The van der Waals surface area contributed by atoms with Gasteiger partial charge in [-0.3, -0.25) is 0 Å². The quantitative estimate of drug-likeness (QED) is 0.387. The molecule has 0 N–H and O–H groups in total. The van der Waals surface area contributed by atoms with E-state index < -0.39 is 0 Å². The highest BCUT2D eigenvalue weighted by atomic mass is 16.5. The standard InChI is InChI=1S/C25H19N5O/c1-31-22-17-26-23(15-21(22)25-27-16-20-13-8-14-30(20)29-25)28-24(18-9-4-2-5-10-18)19-11-6-3-7-12-19/h2-17H,1H3.